The molecule has 0 spiro atoms. The molecule has 1 aromatic carbocycles. The minimum Gasteiger partial charge on any atom is -0.473 e. The third-order valence-corrected chi connectivity index (χ3v) is 4.04. The number of aromatic nitrogens is 2. The molecule has 2 aromatic heterocycles. The predicted octanol–water partition coefficient (Wildman–Crippen LogP) is 4.79. The quantitative estimate of drug-likeness (QED) is 0.694. The molecule has 0 saturated carbocycles. The first-order chi connectivity index (χ1) is 10.2. The van der Waals surface area contributed by atoms with Crippen molar-refractivity contribution in [3.63, 3.8) is 0 Å². The molecular weight excluding hydrogens is 280 g/mol. The van der Waals surface area contributed by atoms with Gasteiger partial charge in [-0.3, -0.25) is 0 Å². The van der Waals surface area contributed by atoms with Crippen LogP contribution in [0.4, 0.5) is 0 Å². The van der Waals surface area contributed by atoms with Crippen molar-refractivity contribution in [1.82, 2.24) is 9.97 Å². The lowest BCUT2D eigenvalue weighted by Gasteiger charge is -2.12. The van der Waals surface area contributed by atoms with E-state index in [0.717, 1.165) is 26.5 Å². The zero-order chi connectivity index (χ0) is 14.8. The number of hydrogen-bond acceptors (Lipinski definition) is 4. The molecule has 0 fully saturated rings. The van der Waals surface area contributed by atoms with Crippen LogP contribution in [-0.4, -0.2) is 16.1 Å². The molecule has 0 aliphatic carbocycles. The highest BCUT2D eigenvalue weighted by atomic mass is 32.1. The Hall–Kier alpha value is -2.20. The highest BCUT2D eigenvalue weighted by Crippen LogP contribution is 2.34. The van der Waals surface area contributed by atoms with Gasteiger partial charge < -0.3 is 4.74 Å². The van der Waals surface area contributed by atoms with Crippen molar-refractivity contribution in [1.29, 1.82) is 0 Å². The second-order valence-electron chi connectivity index (χ2n) is 4.94. The van der Waals surface area contributed by atoms with Crippen molar-refractivity contribution in [2.24, 2.45) is 0 Å². The van der Waals surface area contributed by atoms with Crippen molar-refractivity contribution in [2.75, 3.05) is 0 Å². The summed E-state index contributed by atoms with van der Waals surface area (Å²) in [6.07, 6.45) is 1.89. The number of fused-ring (bicyclic) bond motifs is 1. The van der Waals surface area contributed by atoms with Crippen LogP contribution in [0.3, 0.4) is 0 Å². The van der Waals surface area contributed by atoms with Gasteiger partial charge in [0.05, 0.1) is 22.0 Å². The van der Waals surface area contributed by atoms with Crippen LogP contribution in [0.1, 0.15) is 18.7 Å². The van der Waals surface area contributed by atoms with E-state index in [9.17, 15) is 0 Å². The molecule has 0 bridgehead atoms. The van der Waals surface area contributed by atoms with E-state index >= 15 is 0 Å². The fourth-order valence-electron chi connectivity index (χ4n) is 2.04. The van der Waals surface area contributed by atoms with Crippen LogP contribution in [0.5, 0.6) is 5.88 Å². The van der Waals surface area contributed by atoms with E-state index in [2.05, 4.69) is 11.6 Å². The first-order valence-electron chi connectivity index (χ1n) is 6.83. The number of ether oxygens (including phenoxy) is 1. The van der Waals surface area contributed by atoms with Gasteiger partial charge in [-0.25, -0.2) is 9.97 Å². The van der Waals surface area contributed by atoms with Crippen molar-refractivity contribution in [3.05, 3.63) is 47.9 Å². The largest absolute Gasteiger partial charge is 0.473 e. The summed E-state index contributed by atoms with van der Waals surface area (Å²) in [5, 5.41) is 0. The average Bonchev–Trinajstić information content (AvgIpc) is 2.94. The second kappa shape index (κ2) is 5.66. The lowest BCUT2D eigenvalue weighted by Crippen LogP contribution is -2.08. The molecule has 0 N–H and O–H groups in total. The lowest BCUT2D eigenvalue weighted by molar-refractivity contribution is 0.234. The monoisotopic (exact) mass is 296 g/mol. The molecule has 0 aliphatic heterocycles. The maximum absolute atomic E-state index is 5.86. The van der Waals surface area contributed by atoms with Gasteiger partial charge in [0, 0.05) is 4.88 Å². The molecule has 3 rings (SSSR count). The SMILES string of the molecule is C=Cc1ccc(-c2nc3ccccc3nc2OC(C)C)s1. The first kappa shape index (κ1) is 13.8. The van der Waals surface area contributed by atoms with Crippen LogP contribution in [0.2, 0.25) is 0 Å². The topological polar surface area (TPSA) is 35.0 Å². The van der Waals surface area contributed by atoms with Crippen LogP contribution in [0.15, 0.2) is 43.0 Å². The van der Waals surface area contributed by atoms with Gasteiger partial charge in [-0.15, -0.1) is 11.3 Å². The normalized spacial score (nSPS) is 11.0. The van der Waals surface area contributed by atoms with E-state index in [1.807, 2.05) is 56.3 Å². The summed E-state index contributed by atoms with van der Waals surface area (Å²) >= 11 is 1.64. The van der Waals surface area contributed by atoms with Gasteiger partial charge in [0.15, 0.2) is 0 Å². The Morgan fingerprint density at radius 2 is 1.81 bits per heavy atom. The van der Waals surface area contributed by atoms with Gasteiger partial charge in [-0.2, -0.15) is 0 Å². The molecular formula is C17H16N2OS. The van der Waals surface area contributed by atoms with Crippen molar-refractivity contribution >= 4 is 28.4 Å². The van der Waals surface area contributed by atoms with E-state index < -0.39 is 0 Å². The summed E-state index contributed by atoms with van der Waals surface area (Å²) < 4.78 is 5.86. The molecule has 0 amide bonds. The van der Waals surface area contributed by atoms with Crippen molar-refractivity contribution in [2.45, 2.75) is 20.0 Å². The van der Waals surface area contributed by atoms with Gasteiger partial charge in [-0.1, -0.05) is 24.8 Å². The van der Waals surface area contributed by atoms with Crippen molar-refractivity contribution in [3.8, 4) is 16.5 Å². The number of benzene rings is 1. The first-order valence-corrected chi connectivity index (χ1v) is 7.65. The molecule has 0 radical (unpaired) electrons. The van der Waals surface area contributed by atoms with Gasteiger partial charge >= 0.3 is 0 Å². The summed E-state index contributed by atoms with van der Waals surface area (Å²) in [6, 6.07) is 11.9. The Labute approximate surface area is 127 Å². The third-order valence-electron chi connectivity index (χ3n) is 2.95. The summed E-state index contributed by atoms with van der Waals surface area (Å²) in [5.74, 6) is 0.584. The average molecular weight is 296 g/mol. The molecule has 0 atom stereocenters. The van der Waals surface area contributed by atoms with Crippen LogP contribution >= 0.6 is 11.3 Å². The maximum Gasteiger partial charge on any atom is 0.242 e. The van der Waals surface area contributed by atoms with E-state index in [-0.39, 0.29) is 6.10 Å². The molecule has 4 heteroatoms. The number of thiophene rings is 1. The Kier molecular flexibility index (Phi) is 3.71. The number of para-hydroxylation sites is 2. The molecule has 0 aliphatic rings. The fourth-order valence-corrected chi connectivity index (χ4v) is 2.88. The third kappa shape index (κ3) is 2.81. The smallest absolute Gasteiger partial charge is 0.242 e. The van der Waals surface area contributed by atoms with Gasteiger partial charge in [0.1, 0.15) is 5.69 Å². The van der Waals surface area contributed by atoms with Gasteiger partial charge in [0.2, 0.25) is 5.88 Å². The molecule has 2 heterocycles. The van der Waals surface area contributed by atoms with E-state index in [1.165, 1.54) is 0 Å². The van der Waals surface area contributed by atoms with E-state index in [0.29, 0.717) is 5.88 Å². The Morgan fingerprint density at radius 3 is 2.43 bits per heavy atom. The zero-order valence-electron chi connectivity index (χ0n) is 12.0. The standard InChI is InChI=1S/C17H16N2OS/c1-4-12-9-10-15(21-12)16-17(20-11(2)3)19-14-8-6-5-7-13(14)18-16/h4-11H,1H2,2-3H3. The van der Waals surface area contributed by atoms with Crippen LogP contribution in [0.25, 0.3) is 27.7 Å². The highest BCUT2D eigenvalue weighted by molar-refractivity contribution is 7.16. The van der Waals surface area contributed by atoms with Crippen molar-refractivity contribution < 1.29 is 4.74 Å². The summed E-state index contributed by atoms with van der Waals surface area (Å²) in [5.41, 5.74) is 2.51. The van der Waals surface area contributed by atoms with E-state index in [1.54, 1.807) is 11.3 Å². The summed E-state index contributed by atoms with van der Waals surface area (Å²) in [4.78, 5) is 11.5. The van der Waals surface area contributed by atoms with Crippen LogP contribution in [0, 0.1) is 0 Å². The minimum absolute atomic E-state index is 0.0537. The maximum atomic E-state index is 5.86. The molecule has 21 heavy (non-hydrogen) atoms. The fraction of sp³-hybridized carbons (Fsp3) is 0.176. The zero-order valence-corrected chi connectivity index (χ0v) is 12.9. The molecule has 106 valence electrons. The van der Waals surface area contributed by atoms with Crippen LogP contribution < -0.4 is 4.74 Å². The van der Waals surface area contributed by atoms with Crippen LogP contribution in [-0.2, 0) is 0 Å². The Morgan fingerprint density at radius 1 is 1.10 bits per heavy atom. The number of rotatable bonds is 4. The van der Waals surface area contributed by atoms with Gasteiger partial charge in [-0.05, 0) is 38.1 Å². The summed E-state index contributed by atoms with van der Waals surface area (Å²) in [6.45, 7) is 7.78. The van der Waals surface area contributed by atoms with Gasteiger partial charge in [0.25, 0.3) is 0 Å². The predicted molar refractivity (Wildman–Crippen MR) is 88.7 cm³/mol. The minimum atomic E-state index is 0.0537. The summed E-state index contributed by atoms with van der Waals surface area (Å²) in [7, 11) is 0. The molecule has 3 nitrogen and oxygen atoms in total. The highest BCUT2D eigenvalue weighted by Gasteiger charge is 2.15. The Balaban J connectivity index is 2.19. The molecule has 0 unspecified atom stereocenters. The second-order valence-corrected chi connectivity index (χ2v) is 6.05. The Bertz CT molecular complexity index is 792. The lowest BCUT2D eigenvalue weighted by atomic mass is 10.2. The number of nitrogens with zero attached hydrogens (tertiary/aromatic N) is 2. The molecule has 3 aromatic rings. The van der Waals surface area contributed by atoms with E-state index in [4.69, 9.17) is 9.72 Å². The number of hydrogen-bond donors (Lipinski definition) is 0. The molecule has 0 saturated heterocycles.